The van der Waals surface area contributed by atoms with Crippen molar-refractivity contribution in [3.05, 3.63) is 62.3 Å². The first-order valence-corrected chi connectivity index (χ1v) is 15.9. The van der Waals surface area contributed by atoms with Crippen molar-refractivity contribution in [1.29, 1.82) is 0 Å². The first-order chi connectivity index (χ1) is 22.1. The average Bonchev–Trinajstić information content (AvgIpc) is 3.56. The van der Waals surface area contributed by atoms with Gasteiger partial charge in [0.15, 0.2) is 5.82 Å². The van der Waals surface area contributed by atoms with Gasteiger partial charge in [-0.05, 0) is 76.1 Å². The number of nitrogens with zero attached hydrogens (tertiary/aromatic N) is 5. The van der Waals surface area contributed by atoms with Gasteiger partial charge in [-0.15, -0.1) is 5.10 Å². The van der Waals surface area contributed by atoms with Gasteiger partial charge in [0.25, 0.3) is 5.56 Å². The van der Waals surface area contributed by atoms with Crippen LogP contribution in [0.15, 0.2) is 29.1 Å². The smallest absolute Gasteiger partial charge is 0.416 e. The van der Waals surface area contributed by atoms with E-state index in [1.54, 1.807) is 9.47 Å². The van der Waals surface area contributed by atoms with Crippen molar-refractivity contribution >= 4 is 40.6 Å². The number of rotatable bonds is 4. The summed E-state index contributed by atoms with van der Waals surface area (Å²) in [6, 6.07) is 2.71. The standard InChI is InChI=1S/C32H36ClF3N6O5/c1-18-16-31(9-11-40(12-10-31)29(45)47-30(2,3)4)24-25(18)41(17-23(43)37-22-6-5-20(15-21(22)33)32(34,35)36)28-38-26(39-42(28)27(24)44)19-7-13-46-14-8-19/h5-7,15,18H,8-14,16-17H2,1-4H3,(H,37,43)/t18-/m1/s1. The van der Waals surface area contributed by atoms with Crippen LogP contribution in [0.25, 0.3) is 11.4 Å². The lowest BCUT2D eigenvalue weighted by Gasteiger charge is -2.40. The molecule has 4 heterocycles. The van der Waals surface area contributed by atoms with Gasteiger partial charge in [-0.1, -0.05) is 24.6 Å². The summed E-state index contributed by atoms with van der Waals surface area (Å²) in [4.78, 5) is 47.0. The van der Waals surface area contributed by atoms with Crippen LogP contribution in [0.5, 0.6) is 0 Å². The van der Waals surface area contributed by atoms with Crippen LogP contribution in [-0.2, 0) is 32.4 Å². The van der Waals surface area contributed by atoms with Crippen molar-refractivity contribution in [3.63, 3.8) is 0 Å². The summed E-state index contributed by atoms with van der Waals surface area (Å²) in [5.41, 5.74) is -0.434. The lowest BCUT2D eigenvalue weighted by atomic mass is 9.74. The Morgan fingerprint density at radius 2 is 1.91 bits per heavy atom. The van der Waals surface area contributed by atoms with Gasteiger partial charge in [0.05, 0.1) is 29.5 Å². The summed E-state index contributed by atoms with van der Waals surface area (Å²) in [5.74, 6) is -0.182. The number of fused-ring (bicyclic) bond motifs is 3. The highest BCUT2D eigenvalue weighted by atomic mass is 35.5. The number of amides is 2. The van der Waals surface area contributed by atoms with E-state index in [2.05, 4.69) is 10.4 Å². The number of carbonyl (C=O) groups is 2. The van der Waals surface area contributed by atoms with Gasteiger partial charge in [0, 0.05) is 29.8 Å². The number of anilines is 1. The third-order valence-electron chi connectivity index (χ3n) is 8.97. The molecule has 1 saturated heterocycles. The Kier molecular flexibility index (Phi) is 8.40. The third-order valence-corrected chi connectivity index (χ3v) is 9.29. The molecule has 1 aliphatic carbocycles. The van der Waals surface area contributed by atoms with Crippen molar-refractivity contribution in [1.82, 2.24) is 24.1 Å². The van der Waals surface area contributed by atoms with Gasteiger partial charge in [0.1, 0.15) is 12.1 Å². The zero-order valence-electron chi connectivity index (χ0n) is 26.5. The van der Waals surface area contributed by atoms with Gasteiger partial charge >= 0.3 is 12.3 Å². The van der Waals surface area contributed by atoms with Crippen LogP contribution >= 0.6 is 11.6 Å². The van der Waals surface area contributed by atoms with Crippen molar-refractivity contribution in [2.75, 3.05) is 31.6 Å². The van der Waals surface area contributed by atoms with E-state index in [0.717, 1.165) is 23.8 Å². The maximum Gasteiger partial charge on any atom is 0.416 e. The first kappa shape index (κ1) is 33.0. The van der Waals surface area contributed by atoms with Crippen molar-refractivity contribution < 1.29 is 32.2 Å². The van der Waals surface area contributed by atoms with E-state index in [-0.39, 0.29) is 34.5 Å². The number of likely N-dealkylation sites (tertiary alicyclic amines) is 1. The molecule has 1 aromatic carbocycles. The second kappa shape index (κ2) is 12.0. The summed E-state index contributed by atoms with van der Waals surface area (Å²) in [7, 11) is 0. The predicted octanol–water partition coefficient (Wildman–Crippen LogP) is 5.78. The lowest BCUT2D eigenvalue weighted by molar-refractivity contribution is -0.137. The van der Waals surface area contributed by atoms with Crippen LogP contribution in [0.1, 0.15) is 81.9 Å². The zero-order chi connectivity index (χ0) is 33.9. The highest BCUT2D eigenvalue weighted by molar-refractivity contribution is 6.33. The van der Waals surface area contributed by atoms with Gasteiger partial charge in [0.2, 0.25) is 11.7 Å². The Morgan fingerprint density at radius 1 is 1.19 bits per heavy atom. The highest BCUT2D eigenvalue weighted by Crippen LogP contribution is 2.50. The molecule has 6 rings (SSSR count). The fourth-order valence-corrected chi connectivity index (χ4v) is 7.14. The van der Waals surface area contributed by atoms with E-state index in [9.17, 15) is 27.6 Å². The molecule has 0 bridgehead atoms. The highest BCUT2D eigenvalue weighted by Gasteiger charge is 2.49. The third kappa shape index (κ3) is 6.37. The summed E-state index contributed by atoms with van der Waals surface area (Å²) in [6.07, 6.45) is -0.933. The molecule has 15 heteroatoms. The molecular weight excluding hydrogens is 641 g/mol. The molecule has 3 aromatic rings. The fourth-order valence-electron chi connectivity index (χ4n) is 6.91. The molecule has 1 N–H and O–H groups in total. The quantitative estimate of drug-likeness (QED) is 0.372. The van der Waals surface area contributed by atoms with Crippen LogP contribution in [0.4, 0.5) is 23.7 Å². The van der Waals surface area contributed by atoms with E-state index in [0.29, 0.717) is 69.1 Å². The minimum Gasteiger partial charge on any atom is -0.444 e. The van der Waals surface area contributed by atoms with Crippen LogP contribution in [0, 0.1) is 0 Å². The molecule has 0 radical (unpaired) electrons. The SMILES string of the molecule is C[C@@H]1CC2(CCN(C(=O)OC(C)(C)C)CC2)c2c1n(CC(=O)Nc1ccc(C(F)(F)F)cc1Cl)c1nc(C3=CCOCC3)nn1c2=O. The Labute approximate surface area is 273 Å². The monoisotopic (exact) mass is 676 g/mol. The normalized spacial score (nSPS) is 19.5. The zero-order valence-corrected chi connectivity index (χ0v) is 27.3. The molecular formula is C32H36ClF3N6O5. The molecule has 2 aromatic heterocycles. The number of hydrogen-bond donors (Lipinski definition) is 1. The number of carbonyl (C=O) groups excluding carboxylic acids is 2. The van der Waals surface area contributed by atoms with Crippen LogP contribution in [-0.4, -0.2) is 68.0 Å². The lowest BCUT2D eigenvalue weighted by Crippen LogP contribution is -2.48. The van der Waals surface area contributed by atoms with E-state index in [1.807, 2.05) is 33.8 Å². The summed E-state index contributed by atoms with van der Waals surface area (Å²) in [5, 5.41) is 6.96. The minimum absolute atomic E-state index is 0.0203. The molecule has 11 nitrogen and oxygen atoms in total. The fraction of sp³-hybridized carbons (Fsp3) is 0.531. The molecule has 3 aliphatic rings. The summed E-state index contributed by atoms with van der Waals surface area (Å²) in [6.45, 7) is 8.76. The molecule has 2 aliphatic heterocycles. The second-order valence-electron chi connectivity index (χ2n) is 13.4. The number of alkyl halides is 3. The molecule has 1 atom stereocenters. The van der Waals surface area contributed by atoms with E-state index >= 15 is 0 Å². The average molecular weight is 677 g/mol. The van der Waals surface area contributed by atoms with Crippen molar-refractivity contribution in [2.45, 2.75) is 83.0 Å². The van der Waals surface area contributed by atoms with Crippen LogP contribution in [0.3, 0.4) is 0 Å². The minimum atomic E-state index is -4.59. The number of ether oxygens (including phenoxy) is 2. The number of nitrogens with one attached hydrogen (secondary N) is 1. The Hall–Kier alpha value is -3.91. The van der Waals surface area contributed by atoms with Gasteiger partial charge in [-0.2, -0.15) is 22.7 Å². The van der Waals surface area contributed by atoms with Gasteiger partial charge in [-0.25, -0.2) is 4.79 Å². The molecule has 1 fully saturated rings. The molecule has 2 amide bonds. The number of piperidine rings is 1. The first-order valence-electron chi connectivity index (χ1n) is 15.5. The van der Waals surface area contributed by atoms with E-state index < -0.39 is 34.8 Å². The summed E-state index contributed by atoms with van der Waals surface area (Å²) < 4.78 is 53.5. The predicted molar refractivity (Wildman–Crippen MR) is 167 cm³/mol. The largest absolute Gasteiger partial charge is 0.444 e. The Morgan fingerprint density at radius 3 is 2.53 bits per heavy atom. The molecule has 1 spiro atoms. The number of halogens is 4. The van der Waals surface area contributed by atoms with Crippen molar-refractivity contribution in [3.8, 4) is 0 Å². The van der Waals surface area contributed by atoms with E-state index in [4.69, 9.17) is 26.1 Å². The van der Waals surface area contributed by atoms with Gasteiger partial charge < -0.3 is 24.3 Å². The van der Waals surface area contributed by atoms with Crippen molar-refractivity contribution in [2.24, 2.45) is 0 Å². The van der Waals surface area contributed by atoms with Crippen LogP contribution < -0.4 is 10.9 Å². The molecule has 0 unspecified atom stereocenters. The molecule has 0 saturated carbocycles. The Balaban J connectivity index is 1.39. The summed E-state index contributed by atoms with van der Waals surface area (Å²) >= 11 is 6.13. The number of benzene rings is 1. The second-order valence-corrected chi connectivity index (χ2v) is 13.9. The number of aromatic nitrogens is 4. The topological polar surface area (TPSA) is 120 Å². The maximum absolute atomic E-state index is 14.3. The maximum atomic E-state index is 14.3. The molecule has 252 valence electrons. The number of hydrogen-bond acceptors (Lipinski definition) is 7. The van der Waals surface area contributed by atoms with Crippen LogP contribution in [0.2, 0.25) is 5.02 Å². The van der Waals surface area contributed by atoms with Gasteiger partial charge in [-0.3, -0.25) is 9.59 Å². The van der Waals surface area contributed by atoms with E-state index in [1.165, 1.54) is 4.52 Å². The Bertz CT molecular complexity index is 1840. The molecule has 47 heavy (non-hydrogen) atoms.